The lowest BCUT2D eigenvalue weighted by atomic mass is 10.2. The largest absolute Gasteiger partial charge is 0.384 e. The van der Waals surface area contributed by atoms with E-state index in [1.807, 2.05) is 0 Å². The van der Waals surface area contributed by atoms with Crippen molar-refractivity contribution >= 4 is 9.84 Å². The van der Waals surface area contributed by atoms with E-state index in [2.05, 4.69) is 4.74 Å². The number of alkyl halides is 2. The maximum absolute atomic E-state index is 12.5. The van der Waals surface area contributed by atoms with Crippen molar-refractivity contribution in [3.8, 4) is 6.07 Å². The lowest BCUT2D eigenvalue weighted by molar-refractivity contribution is 0.0116. The lowest BCUT2D eigenvalue weighted by Gasteiger charge is -2.13. The van der Waals surface area contributed by atoms with E-state index in [1.165, 1.54) is 7.11 Å². The number of hydrogen-bond acceptors (Lipinski definition) is 4. The van der Waals surface area contributed by atoms with Gasteiger partial charge in [0.2, 0.25) is 5.92 Å². The summed E-state index contributed by atoms with van der Waals surface area (Å²) in [5.74, 6) is -3.27. The summed E-state index contributed by atoms with van der Waals surface area (Å²) in [5, 5.41) is 7.26. The molecule has 1 atom stereocenters. The quantitative estimate of drug-likeness (QED) is 0.689. The van der Waals surface area contributed by atoms with Gasteiger partial charge in [-0.1, -0.05) is 0 Å². The highest BCUT2D eigenvalue weighted by Gasteiger charge is 2.29. The molecule has 0 fully saturated rings. The molecule has 4 nitrogen and oxygen atoms in total. The summed E-state index contributed by atoms with van der Waals surface area (Å²) in [7, 11) is -2.35. The number of ether oxygens (including phenoxy) is 1. The second kappa shape index (κ2) is 6.11. The molecule has 0 radical (unpaired) electrons. The predicted octanol–water partition coefficient (Wildman–Crippen LogP) is 1.38. The van der Waals surface area contributed by atoms with Crippen LogP contribution in [0.2, 0.25) is 0 Å². The third-order valence-corrected chi connectivity index (χ3v) is 3.94. The molecule has 0 aromatic rings. The smallest absolute Gasteiger partial charge is 0.245 e. The van der Waals surface area contributed by atoms with Crippen LogP contribution in [0, 0.1) is 11.3 Å². The Hall–Kier alpha value is -0.740. The maximum atomic E-state index is 12.5. The molecule has 1 unspecified atom stereocenters. The molecular weight excluding hydrogens is 240 g/mol. The summed E-state index contributed by atoms with van der Waals surface area (Å²) in [6.07, 6.45) is -0.969. The predicted molar refractivity (Wildman–Crippen MR) is 54.9 cm³/mol. The van der Waals surface area contributed by atoms with Crippen molar-refractivity contribution < 1.29 is 21.9 Å². The first-order chi connectivity index (χ1) is 7.23. The maximum Gasteiger partial charge on any atom is 0.245 e. The minimum atomic E-state index is -3.68. The van der Waals surface area contributed by atoms with Crippen LogP contribution in [0.3, 0.4) is 0 Å². The van der Waals surface area contributed by atoms with Gasteiger partial charge in [-0.15, -0.1) is 0 Å². The van der Waals surface area contributed by atoms with Gasteiger partial charge in [-0.2, -0.15) is 5.26 Å². The summed E-state index contributed by atoms with van der Waals surface area (Å²) in [4.78, 5) is 0. The number of hydrogen-bond donors (Lipinski definition) is 0. The van der Waals surface area contributed by atoms with Crippen molar-refractivity contribution in [3.05, 3.63) is 0 Å². The second-order valence-corrected chi connectivity index (χ2v) is 5.89. The summed E-state index contributed by atoms with van der Waals surface area (Å²) >= 11 is 0. The zero-order valence-corrected chi connectivity index (χ0v) is 10.1. The van der Waals surface area contributed by atoms with Gasteiger partial charge in [-0.25, -0.2) is 17.2 Å². The lowest BCUT2D eigenvalue weighted by Crippen LogP contribution is -2.26. The Morgan fingerprint density at radius 1 is 1.50 bits per heavy atom. The molecule has 0 aliphatic heterocycles. The van der Waals surface area contributed by atoms with Gasteiger partial charge < -0.3 is 4.74 Å². The Balaban J connectivity index is 4.45. The summed E-state index contributed by atoms with van der Waals surface area (Å²) in [6.45, 7) is 0.659. The van der Waals surface area contributed by atoms with Gasteiger partial charge in [-0.3, -0.25) is 0 Å². The van der Waals surface area contributed by atoms with Crippen LogP contribution in [0.15, 0.2) is 0 Å². The van der Waals surface area contributed by atoms with Crippen molar-refractivity contribution in [3.63, 3.8) is 0 Å². The Bertz CT molecular complexity index is 343. The Kier molecular flexibility index (Phi) is 5.83. The fourth-order valence-corrected chi connectivity index (χ4v) is 2.37. The van der Waals surface area contributed by atoms with Crippen molar-refractivity contribution in [2.75, 3.05) is 19.5 Å². The average molecular weight is 255 g/mol. The van der Waals surface area contributed by atoms with Crippen LogP contribution in [0.4, 0.5) is 8.78 Å². The Morgan fingerprint density at radius 3 is 2.44 bits per heavy atom. The first-order valence-corrected chi connectivity index (χ1v) is 6.42. The molecule has 0 aromatic carbocycles. The molecule has 16 heavy (non-hydrogen) atoms. The minimum Gasteiger partial charge on any atom is -0.384 e. The van der Waals surface area contributed by atoms with Gasteiger partial charge in [0.1, 0.15) is 5.25 Å². The Labute approximate surface area is 94.1 Å². The van der Waals surface area contributed by atoms with E-state index in [1.54, 1.807) is 6.07 Å². The van der Waals surface area contributed by atoms with Crippen molar-refractivity contribution in [1.29, 1.82) is 5.26 Å². The molecule has 0 spiro atoms. The molecule has 0 heterocycles. The van der Waals surface area contributed by atoms with E-state index in [0.29, 0.717) is 6.92 Å². The minimum absolute atomic E-state index is 0.0387. The number of nitriles is 1. The van der Waals surface area contributed by atoms with Crippen LogP contribution in [0.1, 0.15) is 19.8 Å². The molecule has 0 aliphatic rings. The molecule has 0 aliphatic carbocycles. The molecule has 0 saturated carbocycles. The number of methoxy groups -OCH3 is 1. The molecule has 0 bridgehead atoms. The van der Waals surface area contributed by atoms with Gasteiger partial charge >= 0.3 is 0 Å². The highest BCUT2D eigenvalue weighted by Crippen LogP contribution is 2.22. The van der Waals surface area contributed by atoms with Crippen molar-refractivity contribution in [1.82, 2.24) is 0 Å². The first kappa shape index (κ1) is 15.3. The number of sulfone groups is 1. The molecule has 94 valence electrons. The van der Waals surface area contributed by atoms with Crippen LogP contribution < -0.4 is 0 Å². The van der Waals surface area contributed by atoms with Crippen LogP contribution in [-0.2, 0) is 14.6 Å². The Morgan fingerprint density at radius 2 is 2.06 bits per heavy atom. The number of halogens is 2. The van der Waals surface area contributed by atoms with Crippen LogP contribution in [0.25, 0.3) is 0 Å². The zero-order valence-electron chi connectivity index (χ0n) is 9.24. The van der Waals surface area contributed by atoms with E-state index >= 15 is 0 Å². The number of rotatable bonds is 7. The van der Waals surface area contributed by atoms with E-state index < -0.39 is 27.4 Å². The zero-order chi connectivity index (χ0) is 12.8. The monoisotopic (exact) mass is 255 g/mol. The summed E-state index contributed by atoms with van der Waals surface area (Å²) in [6, 6.07) is 1.55. The topological polar surface area (TPSA) is 67.2 Å². The van der Waals surface area contributed by atoms with E-state index in [-0.39, 0.29) is 18.8 Å². The van der Waals surface area contributed by atoms with Gasteiger partial charge in [0.05, 0.1) is 18.4 Å². The van der Waals surface area contributed by atoms with Gasteiger partial charge in [0.15, 0.2) is 9.84 Å². The van der Waals surface area contributed by atoms with Crippen molar-refractivity contribution in [2.24, 2.45) is 0 Å². The van der Waals surface area contributed by atoms with Gasteiger partial charge in [-0.05, 0) is 13.3 Å². The molecule has 0 amide bonds. The van der Waals surface area contributed by atoms with Gasteiger partial charge in [0, 0.05) is 13.5 Å². The standard InChI is InChI=1S/C9H15F2NO3S/c1-9(10,11)4-3-8(7-12)16(13,14)6-5-15-2/h8H,3-6H2,1-2H3. The average Bonchev–Trinajstić information content (AvgIpc) is 2.13. The third-order valence-electron chi connectivity index (χ3n) is 1.99. The fourth-order valence-electron chi connectivity index (χ4n) is 1.05. The fraction of sp³-hybridized carbons (Fsp3) is 0.889. The first-order valence-electron chi connectivity index (χ1n) is 4.71. The van der Waals surface area contributed by atoms with Crippen LogP contribution in [-0.4, -0.2) is 39.1 Å². The molecule has 0 N–H and O–H groups in total. The SMILES string of the molecule is COCCS(=O)(=O)C(C#N)CCC(C)(F)F. The normalized spacial score (nSPS) is 14.4. The van der Waals surface area contributed by atoms with E-state index in [9.17, 15) is 17.2 Å². The van der Waals surface area contributed by atoms with Crippen LogP contribution >= 0.6 is 0 Å². The summed E-state index contributed by atoms with van der Waals surface area (Å²) in [5.41, 5.74) is 0. The molecule has 0 rings (SSSR count). The molecule has 7 heteroatoms. The molecule has 0 saturated heterocycles. The number of nitrogens with zero attached hydrogens (tertiary/aromatic N) is 1. The summed E-state index contributed by atoms with van der Waals surface area (Å²) < 4.78 is 52.6. The highest BCUT2D eigenvalue weighted by molar-refractivity contribution is 7.92. The van der Waals surface area contributed by atoms with E-state index in [4.69, 9.17) is 5.26 Å². The second-order valence-electron chi connectivity index (χ2n) is 3.59. The van der Waals surface area contributed by atoms with Gasteiger partial charge in [0.25, 0.3) is 0 Å². The van der Waals surface area contributed by atoms with Crippen LogP contribution in [0.5, 0.6) is 0 Å². The molecule has 0 aromatic heterocycles. The molecular formula is C9H15F2NO3S. The van der Waals surface area contributed by atoms with E-state index in [0.717, 1.165) is 0 Å². The highest BCUT2D eigenvalue weighted by atomic mass is 32.2. The third kappa shape index (κ3) is 5.98. The van der Waals surface area contributed by atoms with Crippen molar-refractivity contribution in [2.45, 2.75) is 30.9 Å².